The first-order chi connectivity index (χ1) is 6.57. The molecule has 0 N–H and O–H groups in total. The summed E-state index contributed by atoms with van der Waals surface area (Å²) < 4.78 is 0. The second-order valence-electron chi connectivity index (χ2n) is 3.12. The summed E-state index contributed by atoms with van der Waals surface area (Å²) in [4.78, 5) is 10.3. The predicted molar refractivity (Wildman–Crippen MR) is 51.9 cm³/mol. The Hall–Kier alpha value is -1.89. The Bertz CT molecular complexity index is 407. The van der Waals surface area contributed by atoms with Gasteiger partial charge in [0.05, 0.1) is 16.9 Å². The third-order valence-electron chi connectivity index (χ3n) is 2.11. The van der Waals surface area contributed by atoms with Crippen LogP contribution in [0.15, 0.2) is 18.2 Å². The highest BCUT2D eigenvalue weighted by Gasteiger charge is 2.20. The van der Waals surface area contributed by atoms with Gasteiger partial charge in [0.2, 0.25) is 0 Å². The van der Waals surface area contributed by atoms with Gasteiger partial charge in [0.25, 0.3) is 5.69 Å². The van der Waals surface area contributed by atoms with E-state index in [9.17, 15) is 10.1 Å². The van der Waals surface area contributed by atoms with E-state index in [2.05, 4.69) is 0 Å². The Balaban J connectivity index is 3.37. The lowest BCUT2D eigenvalue weighted by Gasteiger charge is -2.05. The van der Waals surface area contributed by atoms with Crippen LogP contribution in [-0.2, 0) is 0 Å². The minimum atomic E-state index is -0.449. The molecule has 0 bridgehead atoms. The molecule has 1 aromatic carbocycles. The number of para-hydroxylation sites is 1. The van der Waals surface area contributed by atoms with Gasteiger partial charge in [0, 0.05) is 11.1 Å². The van der Waals surface area contributed by atoms with E-state index in [1.54, 1.807) is 32.0 Å². The number of nitro benzene ring substituents is 1. The summed E-state index contributed by atoms with van der Waals surface area (Å²) in [6, 6.07) is 7.02. The molecule has 0 saturated heterocycles. The Morgan fingerprint density at radius 3 is 2.71 bits per heavy atom. The van der Waals surface area contributed by atoms with Gasteiger partial charge in [-0.3, -0.25) is 10.1 Å². The van der Waals surface area contributed by atoms with Crippen LogP contribution in [0.3, 0.4) is 0 Å². The van der Waals surface area contributed by atoms with Crippen LogP contribution in [0, 0.1) is 28.4 Å². The van der Waals surface area contributed by atoms with E-state index in [0.29, 0.717) is 11.1 Å². The van der Waals surface area contributed by atoms with Gasteiger partial charge in [-0.25, -0.2) is 0 Å². The monoisotopic (exact) mass is 190 g/mol. The quantitative estimate of drug-likeness (QED) is 0.531. The van der Waals surface area contributed by atoms with Crippen molar-refractivity contribution in [3.63, 3.8) is 0 Å². The van der Waals surface area contributed by atoms with Gasteiger partial charge >= 0.3 is 0 Å². The van der Waals surface area contributed by atoms with Crippen LogP contribution in [0.1, 0.15) is 24.0 Å². The zero-order valence-corrected chi connectivity index (χ0v) is 8.02. The van der Waals surface area contributed by atoms with Gasteiger partial charge in [-0.2, -0.15) is 5.26 Å². The molecule has 0 fully saturated rings. The molecule has 0 aliphatic carbocycles. The second-order valence-corrected chi connectivity index (χ2v) is 3.12. The summed E-state index contributed by atoms with van der Waals surface area (Å²) in [6.07, 6.45) is 0. The Kier molecular flexibility index (Phi) is 2.82. The average molecular weight is 190 g/mol. The number of nitriles is 1. The zero-order chi connectivity index (χ0) is 10.7. The van der Waals surface area contributed by atoms with Crippen LogP contribution >= 0.6 is 0 Å². The van der Waals surface area contributed by atoms with E-state index in [1.165, 1.54) is 0 Å². The summed E-state index contributed by atoms with van der Waals surface area (Å²) in [5.41, 5.74) is 1.13. The fourth-order valence-corrected chi connectivity index (χ4v) is 1.35. The molecule has 0 heterocycles. The first-order valence-electron chi connectivity index (χ1n) is 4.21. The van der Waals surface area contributed by atoms with Crippen LogP contribution in [0.2, 0.25) is 0 Å². The van der Waals surface area contributed by atoms with E-state index >= 15 is 0 Å². The lowest BCUT2D eigenvalue weighted by atomic mass is 9.98. The Labute approximate surface area is 81.9 Å². The van der Waals surface area contributed by atoms with Gasteiger partial charge in [-0.15, -0.1) is 0 Å². The number of hydrogen-bond donors (Lipinski definition) is 0. The first-order valence-corrected chi connectivity index (χ1v) is 4.21. The molecule has 0 aromatic heterocycles. The van der Waals surface area contributed by atoms with Crippen LogP contribution in [0.5, 0.6) is 0 Å². The first kappa shape index (κ1) is 10.2. The van der Waals surface area contributed by atoms with Crippen LogP contribution < -0.4 is 0 Å². The molecule has 1 aromatic rings. The van der Waals surface area contributed by atoms with E-state index < -0.39 is 10.8 Å². The topological polar surface area (TPSA) is 66.9 Å². The molecule has 72 valence electrons. The Morgan fingerprint density at radius 1 is 1.57 bits per heavy atom. The Morgan fingerprint density at radius 2 is 2.21 bits per heavy atom. The molecular formula is C10H10N2O2. The lowest BCUT2D eigenvalue weighted by molar-refractivity contribution is -0.386. The largest absolute Gasteiger partial charge is 0.276 e. The molecule has 0 aliphatic rings. The van der Waals surface area contributed by atoms with Crippen molar-refractivity contribution in [3.05, 3.63) is 39.4 Å². The molecule has 14 heavy (non-hydrogen) atoms. The second kappa shape index (κ2) is 3.88. The summed E-state index contributed by atoms with van der Waals surface area (Å²) in [5, 5.41) is 19.5. The number of benzene rings is 1. The van der Waals surface area contributed by atoms with Crippen molar-refractivity contribution in [3.8, 4) is 6.07 Å². The van der Waals surface area contributed by atoms with Crippen molar-refractivity contribution in [2.24, 2.45) is 0 Å². The molecule has 1 unspecified atom stereocenters. The highest BCUT2D eigenvalue weighted by molar-refractivity contribution is 5.50. The maximum atomic E-state index is 10.8. The number of nitrogens with zero attached hydrogens (tertiary/aromatic N) is 2. The summed E-state index contributed by atoms with van der Waals surface area (Å²) in [6.45, 7) is 3.33. The average Bonchev–Trinajstić information content (AvgIpc) is 2.15. The highest BCUT2D eigenvalue weighted by Crippen LogP contribution is 2.28. The molecule has 4 heteroatoms. The number of aryl methyl sites for hydroxylation is 1. The van der Waals surface area contributed by atoms with Crippen molar-refractivity contribution in [2.45, 2.75) is 19.8 Å². The van der Waals surface area contributed by atoms with E-state index in [4.69, 9.17) is 5.26 Å². The number of hydrogen-bond acceptors (Lipinski definition) is 3. The van der Waals surface area contributed by atoms with Gasteiger partial charge in [0.15, 0.2) is 0 Å². The standard InChI is InChI=1S/C10H10N2O2/c1-7-4-3-5-9(8(2)6-11)10(7)12(13)14/h3-5,8H,1-2H3. The molecule has 0 amide bonds. The van der Waals surface area contributed by atoms with Crippen molar-refractivity contribution in [1.82, 2.24) is 0 Å². The van der Waals surface area contributed by atoms with E-state index in [0.717, 1.165) is 0 Å². The summed E-state index contributed by atoms with van der Waals surface area (Å²) in [7, 11) is 0. The van der Waals surface area contributed by atoms with Crippen molar-refractivity contribution in [1.29, 1.82) is 5.26 Å². The smallest absolute Gasteiger partial charge is 0.258 e. The van der Waals surface area contributed by atoms with Crippen LogP contribution in [0.4, 0.5) is 5.69 Å². The minimum absolute atomic E-state index is 0.0570. The molecule has 1 rings (SSSR count). The SMILES string of the molecule is Cc1cccc(C(C)C#N)c1[N+](=O)[O-]. The predicted octanol–water partition coefficient (Wildman–Crippen LogP) is 2.53. The normalized spacial score (nSPS) is 11.8. The maximum Gasteiger partial charge on any atom is 0.276 e. The summed E-state index contributed by atoms with van der Waals surface area (Å²) >= 11 is 0. The van der Waals surface area contributed by atoms with Crippen LogP contribution in [-0.4, -0.2) is 4.92 Å². The molecular weight excluding hydrogens is 180 g/mol. The number of rotatable bonds is 2. The van der Waals surface area contributed by atoms with E-state index in [-0.39, 0.29) is 5.69 Å². The van der Waals surface area contributed by atoms with Gasteiger partial charge in [-0.1, -0.05) is 18.2 Å². The highest BCUT2D eigenvalue weighted by atomic mass is 16.6. The van der Waals surface area contributed by atoms with Gasteiger partial charge in [-0.05, 0) is 13.8 Å². The van der Waals surface area contributed by atoms with E-state index in [1.807, 2.05) is 6.07 Å². The molecule has 0 spiro atoms. The van der Waals surface area contributed by atoms with Gasteiger partial charge < -0.3 is 0 Å². The molecule has 1 atom stereocenters. The molecule has 4 nitrogen and oxygen atoms in total. The molecule has 0 saturated carbocycles. The molecule has 0 radical (unpaired) electrons. The van der Waals surface area contributed by atoms with Crippen LogP contribution in [0.25, 0.3) is 0 Å². The molecule has 0 aliphatic heterocycles. The third-order valence-corrected chi connectivity index (χ3v) is 2.11. The van der Waals surface area contributed by atoms with Crippen molar-refractivity contribution in [2.75, 3.05) is 0 Å². The maximum absolute atomic E-state index is 10.8. The minimum Gasteiger partial charge on any atom is -0.258 e. The number of nitro groups is 1. The fraction of sp³-hybridized carbons (Fsp3) is 0.300. The lowest BCUT2D eigenvalue weighted by Crippen LogP contribution is -2.00. The van der Waals surface area contributed by atoms with Crippen molar-refractivity contribution >= 4 is 5.69 Å². The fourth-order valence-electron chi connectivity index (χ4n) is 1.35. The third kappa shape index (κ3) is 1.72. The van der Waals surface area contributed by atoms with Gasteiger partial charge in [0.1, 0.15) is 0 Å². The van der Waals surface area contributed by atoms with Crippen molar-refractivity contribution < 1.29 is 4.92 Å². The summed E-state index contributed by atoms with van der Waals surface area (Å²) in [5.74, 6) is -0.449. The zero-order valence-electron chi connectivity index (χ0n) is 8.02.